The molecule has 1 N–H and O–H groups in total. The first-order valence-corrected chi connectivity index (χ1v) is 7.77. The first-order valence-electron chi connectivity index (χ1n) is 7.77. The number of benzene rings is 2. The van der Waals surface area contributed by atoms with Gasteiger partial charge in [0.1, 0.15) is 5.82 Å². The van der Waals surface area contributed by atoms with Crippen LogP contribution in [0.15, 0.2) is 54.6 Å². The summed E-state index contributed by atoms with van der Waals surface area (Å²) in [6, 6.07) is 9.36. The highest BCUT2D eigenvalue weighted by molar-refractivity contribution is 5.96. The monoisotopic (exact) mass is 381 g/mol. The fourth-order valence-electron chi connectivity index (χ4n) is 2.03. The van der Waals surface area contributed by atoms with E-state index in [1.165, 1.54) is 31.2 Å². The minimum Gasteiger partial charge on any atom is -0.449 e. The number of amides is 1. The maximum absolute atomic E-state index is 13.0. The fourth-order valence-corrected chi connectivity index (χ4v) is 2.03. The van der Waals surface area contributed by atoms with Crippen LogP contribution in [0.3, 0.4) is 0 Å². The van der Waals surface area contributed by atoms with Gasteiger partial charge in [0.2, 0.25) is 0 Å². The summed E-state index contributed by atoms with van der Waals surface area (Å²) in [6.45, 7) is 1.31. The average molecular weight is 381 g/mol. The van der Waals surface area contributed by atoms with Crippen LogP contribution in [-0.2, 0) is 20.5 Å². The van der Waals surface area contributed by atoms with Gasteiger partial charge in [0, 0.05) is 11.8 Å². The highest BCUT2D eigenvalue weighted by atomic mass is 19.4. The summed E-state index contributed by atoms with van der Waals surface area (Å²) >= 11 is 0. The number of carbonyl (C=O) groups is 2. The highest BCUT2D eigenvalue weighted by Crippen LogP contribution is 2.29. The Morgan fingerprint density at radius 3 is 2.37 bits per heavy atom. The second-order valence-electron chi connectivity index (χ2n) is 5.53. The lowest BCUT2D eigenvalue weighted by Gasteiger charge is -2.13. The minimum atomic E-state index is -4.47. The highest BCUT2D eigenvalue weighted by Gasteiger charge is 2.30. The van der Waals surface area contributed by atoms with Gasteiger partial charge in [-0.25, -0.2) is 9.18 Å². The van der Waals surface area contributed by atoms with Gasteiger partial charge in [-0.05, 0) is 55.0 Å². The molecular formula is C19H15F4NO3. The number of ether oxygens (including phenoxy) is 1. The lowest BCUT2D eigenvalue weighted by atomic mass is 10.2. The van der Waals surface area contributed by atoms with Gasteiger partial charge in [0.25, 0.3) is 5.91 Å². The normalized spacial score (nSPS) is 12.6. The number of hydrogen-bond acceptors (Lipinski definition) is 3. The van der Waals surface area contributed by atoms with Crippen molar-refractivity contribution in [1.82, 2.24) is 0 Å². The summed E-state index contributed by atoms with van der Waals surface area (Å²) in [7, 11) is 0. The number of hydrogen-bond donors (Lipinski definition) is 1. The molecule has 4 nitrogen and oxygen atoms in total. The number of nitrogens with one attached hydrogen (secondary N) is 1. The Balaban J connectivity index is 1.90. The van der Waals surface area contributed by atoms with Crippen LogP contribution in [0.4, 0.5) is 23.2 Å². The third-order valence-corrected chi connectivity index (χ3v) is 3.40. The Morgan fingerprint density at radius 1 is 1.11 bits per heavy atom. The molecule has 2 aromatic rings. The number of alkyl halides is 3. The maximum Gasteiger partial charge on any atom is 0.416 e. The number of halogens is 4. The third kappa shape index (κ3) is 6.25. The van der Waals surface area contributed by atoms with E-state index in [0.717, 1.165) is 30.3 Å². The van der Waals surface area contributed by atoms with Gasteiger partial charge in [-0.3, -0.25) is 4.79 Å². The van der Waals surface area contributed by atoms with Crippen LogP contribution in [-0.4, -0.2) is 18.0 Å². The molecular weight excluding hydrogens is 366 g/mol. The Morgan fingerprint density at radius 2 is 1.78 bits per heavy atom. The second kappa shape index (κ2) is 8.48. The van der Waals surface area contributed by atoms with Crippen molar-refractivity contribution >= 4 is 23.6 Å². The molecule has 0 unspecified atom stereocenters. The Hall–Kier alpha value is -3.16. The molecule has 0 fully saturated rings. The summed E-state index contributed by atoms with van der Waals surface area (Å²) in [5, 5.41) is 2.35. The average Bonchev–Trinajstić information content (AvgIpc) is 2.59. The summed E-state index contributed by atoms with van der Waals surface area (Å²) in [5.74, 6) is -1.99. The van der Waals surface area contributed by atoms with Gasteiger partial charge in [-0.2, -0.15) is 13.2 Å². The van der Waals surface area contributed by atoms with Crippen molar-refractivity contribution in [2.75, 3.05) is 5.32 Å². The van der Waals surface area contributed by atoms with Crippen LogP contribution in [0, 0.1) is 5.82 Å². The zero-order valence-electron chi connectivity index (χ0n) is 14.1. The van der Waals surface area contributed by atoms with Crippen molar-refractivity contribution < 1.29 is 31.9 Å². The lowest BCUT2D eigenvalue weighted by molar-refractivity contribution is -0.148. The predicted octanol–water partition coefficient (Wildman–Crippen LogP) is 4.43. The molecule has 0 saturated carbocycles. The van der Waals surface area contributed by atoms with Gasteiger partial charge in [0.15, 0.2) is 6.10 Å². The first-order chi connectivity index (χ1) is 12.6. The molecule has 1 amide bonds. The van der Waals surface area contributed by atoms with Crippen LogP contribution in [0.25, 0.3) is 6.08 Å². The van der Waals surface area contributed by atoms with E-state index >= 15 is 0 Å². The molecule has 0 heterocycles. The van der Waals surface area contributed by atoms with Gasteiger partial charge in [-0.1, -0.05) is 12.1 Å². The van der Waals surface area contributed by atoms with E-state index in [2.05, 4.69) is 5.32 Å². The SMILES string of the molecule is C[C@H](OC(=O)/C=C/c1cccc(F)c1)C(=O)Nc1ccc(C(F)(F)F)cc1. The number of rotatable bonds is 5. The maximum atomic E-state index is 13.0. The molecule has 142 valence electrons. The fraction of sp³-hybridized carbons (Fsp3) is 0.158. The summed E-state index contributed by atoms with van der Waals surface area (Å²) in [4.78, 5) is 23.7. The van der Waals surface area contributed by atoms with Crippen LogP contribution in [0.2, 0.25) is 0 Å². The van der Waals surface area contributed by atoms with Crippen molar-refractivity contribution in [3.05, 3.63) is 71.6 Å². The van der Waals surface area contributed by atoms with Crippen molar-refractivity contribution in [3.8, 4) is 0 Å². The zero-order chi connectivity index (χ0) is 20.0. The van der Waals surface area contributed by atoms with E-state index in [9.17, 15) is 27.2 Å². The molecule has 27 heavy (non-hydrogen) atoms. The van der Waals surface area contributed by atoms with E-state index in [1.54, 1.807) is 6.07 Å². The minimum absolute atomic E-state index is 0.131. The molecule has 0 radical (unpaired) electrons. The van der Waals surface area contributed by atoms with Crippen LogP contribution in [0.5, 0.6) is 0 Å². The molecule has 0 saturated heterocycles. The van der Waals surface area contributed by atoms with Gasteiger partial charge in [-0.15, -0.1) is 0 Å². The van der Waals surface area contributed by atoms with Gasteiger partial charge < -0.3 is 10.1 Å². The molecule has 0 aromatic heterocycles. The second-order valence-corrected chi connectivity index (χ2v) is 5.53. The van der Waals surface area contributed by atoms with Crippen LogP contribution in [0.1, 0.15) is 18.1 Å². The van der Waals surface area contributed by atoms with Crippen LogP contribution >= 0.6 is 0 Å². The molecule has 8 heteroatoms. The Kier molecular flexibility index (Phi) is 6.33. The smallest absolute Gasteiger partial charge is 0.416 e. The lowest BCUT2D eigenvalue weighted by Crippen LogP contribution is -2.29. The largest absolute Gasteiger partial charge is 0.449 e. The first kappa shape index (κ1) is 20.2. The van der Waals surface area contributed by atoms with Gasteiger partial charge >= 0.3 is 12.1 Å². The standard InChI is InChI=1S/C19H15F4NO3/c1-12(27-17(25)10-5-13-3-2-4-15(20)11-13)18(26)24-16-8-6-14(7-9-16)19(21,22)23/h2-12H,1H3,(H,24,26)/b10-5+/t12-/m0/s1. The molecule has 0 spiro atoms. The summed E-state index contributed by atoms with van der Waals surface area (Å²) in [5.41, 5.74) is -0.275. The molecule has 2 aromatic carbocycles. The molecule has 1 atom stereocenters. The topological polar surface area (TPSA) is 55.4 Å². The molecule has 0 aliphatic heterocycles. The van der Waals surface area contributed by atoms with Gasteiger partial charge in [0.05, 0.1) is 5.56 Å². The number of anilines is 1. The number of carbonyl (C=O) groups excluding carboxylic acids is 2. The van der Waals surface area contributed by atoms with Crippen molar-refractivity contribution in [1.29, 1.82) is 0 Å². The van der Waals surface area contributed by atoms with E-state index in [-0.39, 0.29) is 5.69 Å². The molecule has 0 aliphatic rings. The van der Waals surface area contributed by atoms with E-state index < -0.39 is 35.5 Å². The Labute approximate surface area is 152 Å². The van der Waals surface area contributed by atoms with E-state index in [4.69, 9.17) is 4.74 Å². The zero-order valence-corrected chi connectivity index (χ0v) is 14.1. The van der Waals surface area contributed by atoms with E-state index in [1.807, 2.05) is 0 Å². The third-order valence-electron chi connectivity index (χ3n) is 3.40. The van der Waals surface area contributed by atoms with E-state index in [0.29, 0.717) is 5.56 Å². The van der Waals surface area contributed by atoms with Crippen LogP contribution < -0.4 is 5.32 Å². The molecule has 0 aliphatic carbocycles. The van der Waals surface area contributed by atoms with Crippen molar-refractivity contribution in [2.45, 2.75) is 19.2 Å². The molecule has 2 rings (SSSR count). The quantitative estimate of drug-likeness (QED) is 0.474. The van der Waals surface area contributed by atoms with Crippen molar-refractivity contribution in [2.24, 2.45) is 0 Å². The predicted molar refractivity (Wildman–Crippen MR) is 91.1 cm³/mol. The summed E-state index contributed by atoms with van der Waals surface area (Å²) in [6.07, 6.45) is -3.29. The molecule has 0 bridgehead atoms. The summed E-state index contributed by atoms with van der Waals surface area (Å²) < 4.78 is 55.4. The van der Waals surface area contributed by atoms with Crippen molar-refractivity contribution in [3.63, 3.8) is 0 Å². The Bertz CT molecular complexity index is 845. The number of esters is 1.